The lowest BCUT2D eigenvalue weighted by atomic mass is 9.90. The summed E-state index contributed by atoms with van der Waals surface area (Å²) in [5.74, 6) is 0.470. The van der Waals surface area contributed by atoms with Crippen LogP contribution in [0.15, 0.2) is 12.3 Å². The fourth-order valence-electron chi connectivity index (χ4n) is 1.98. The number of nitrogens with one attached hydrogen (secondary N) is 1. The summed E-state index contributed by atoms with van der Waals surface area (Å²) >= 11 is 6.05. The van der Waals surface area contributed by atoms with Crippen molar-refractivity contribution in [2.24, 2.45) is 0 Å². The van der Waals surface area contributed by atoms with Crippen molar-refractivity contribution >= 4 is 17.3 Å². The van der Waals surface area contributed by atoms with Gasteiger partial charge in [0, 0.05) is 17.4 Å². The molecular formula is C10H14ClN3. The summed E-state index contributed by atoms with van der Waals surface area (Å²) < 4.78 is 0. The Morgan fingerprint density at radius 3 is 2.79 bits per heavy atom. The van der Waals surface area contributed by atoms with E-state index in [9.17, 15) is 0 Å². The fourth-order valence-corrected chi connectivity index (χ4v) is 2.30. The summed E-state index contributed by atoms with van der Waals surface area (Å²) in [6.07, 6.45) is 3.84. The second-order valence-corrected chi connectivity index (χ2v) is 3.99. The van der Waals surface area contributed by atoms with Gasteiger partial charge in [0.1, 0.15) is 5.15 Å². The summed E-state index contributed by atoms with van der Waals surface area (Å²) in [5.41, 5.74) is 7.72. The molecule has 76 valence electrons. The largest absolute Gasteiger partial charge is 0.398 e. The average molecular weight is 212 g/mol. The number of nitrogens with two attached hydrogens (primary N) is 1. The Labute approximate surface area is 88.7 Å². The van der Waals surface area contributed by atoms with Gasteiger partial charge in [-0.25, -0.2) is 4.98 Å². The lowest BCUT2D eigenvalue weighted by Crippen LogP contribution is -2.27. The first-order valence-corrected chi connectivity index (χ1v) is 5.27. The van der Waals surface area contributed by atoms with Crippen LogP contribution in [-0.2, 0) is 0 Å². The number of hydrogen-bond donors (Lipinski definition) is 2. The maximum atomic E-state index is 6.05. The van der Waals surface area contributed by atoms with Crippen molar-refractivity contribution < 1.29 is 0 Å². The Bertz CT molecular complexity index is 301. The normalized spacial score (nSPS) is 18.4. The highest BCUT2D eigenvalue weighted by atomic mass is 35.5. The summed E-state index contributed by atoms with van der Waals surface area (Å²) in [6, 6.07) is 1.82. The number of aromatic nitrogens is 1. The van der Waals surface area contributed by atoms with Crippen LogP contribution in [0.2, 0.25) is 5.15 Å². The van der Waals surface area contributed by atoms with Gasteiger partial charge < -0.3 is 11.1 Å². The number of halogens is 1. The van der Waals surface area contributed by atoms with Gasteiger partial charge in [0.05, 0.1) is 0 Å². The van der Waals surface area contributed by atoms with Crippen LogP contribution in [0.3, 0.4) is 0 Å². The number of nitrogens with zero attached hydrogens (tertiary/aromatic N) is 1. The Hall–Kier alpha value is -0.800. The highest BCUT2D eigenvalue weighted by Crippen LogP contribution is 2.33. The molecular weight excluding hydrogens is 198 g/mol. The molecule has 1 aliphatic heterocycles. The minimum Gasteiger partial charge on any atom is -0.398 e. The van der Waals surface area contributed by atoms with E-state index in [0.717, 1.165) is 37.2 Å². The topological polar surface area (TPSA) is 50.9 Å². The van der Waals surface area contributed by atoms with E-state index in [1.54, 1.807) is 6.20 Å². The number of nitrogen functional groups attached to an aromatic ring is 1. The zero-order valence-corrected chi connectivity index (χ0v) is 8.72. The third-order valence-corrected chi connectivity index (χ3v) is 3.02. The SMILES string of the molecule is Nc1ccnc(Cl)c1C1CCNCC1. The maximum Gasteiger partial charge on any atom is 0.134 e. The third kappa shape index (κ3) is 1.83. The molecule has 0 saturated carbocycles. The fraction of sp³-hybridized carbons (Fsp3) is 0.500. The maximum absolute atomic E-state index is 6.05. The number of rotatable bonds is 1. The Balaban J connectivity index is 2.29. The van der Waals surface area contributed by atoms with Gasteiger partial charge in [-0.2, -0.15) is 0 Å². The van der Waals surface area contributed by atoms with Crippen molar-refractivity contribution in [3.05, 3.63) is 23.0 Å². The van der Waals surface area contributed by atoms with E-state index in [1.165, 1.54) is 0 Å². The number of anilines is 1. The first-order chi connectivity index (χ1) is 6.79. The van der Waals surface area contributed by atoms with E-state index in [1.807, 2.05) is 6.07 Å². The Morgan fingerprint density at radius 1 is 1.43 bits per heavy atom. The molecule has 0 aliphatic carbocycles. The van der Waals surface area contributed by atoms with Crippen LogP contribution in [0.1, 0.15) is 24.3 Å². The van der Waals surface area contributed by atoms with Crippen molar-refractivity contribution in [3.63, 3.8) is 0 Å². The summed E-state index contributed by atoms with van der Waals surface area (Å²) in [5, 5.41) is 3.89. The van der Waals surface area contributed by atoms with Crippen molar-refractivity contribution in [3.8, 4) is 0 Å². The molecule has 3 nitrogen and oxygen atoms in total. The molecule has 0 radical (unpaired) electrons. The quantitative estimate of drug-likeness (QED) is 0.697. The molecule has 3 N–H and O–H groups in total. The van der Waals surface area contributed by atoms with Gasteiger partial charge in [-0.15, -0.1) is 0 Å². The van der Waals surface area contributed by atoms with Crippen molar-refractivity contribution in [1.29, 1.82) is 0 Å². The molecule has 1 aromatic rings. The second-order valence-electron chi connectivity index (χ2n) is 3.63. The van der Waals surface area contributed by atoms with E-state index in [4.69, 9.17) is 17.3 Å². The van der Waals surface area contributed by atoms with Crippen LogP contribution in [0, 0.1) is 0 Å². The van der Waals surface area contributed by atoms with Crippen molar-refractivity contribution in [1.82, 2.24) is 10.3 Å². The zero-order chi connectivity index (χ0) is 9.97. The standard InChI is InChI=1S/C10H14ClN3/c11-10-9(8(12)3-6-14-10)7-1-4-13-5-2-7/h3,6-7,13H,1-2,4-5H2,(H2,12,14). The predicted molar refractivity (Wildman–Crippen MR) is 58.5 cm³/mol. The van der Waals surface area contributed by atoms with E-state index < -0.39 is 0 Å². The van der Waals surface area contributed by atoms with Gasteiger partial charge in [0.15, 0.2) is 0 Å². The molecule has 0 atom stereocenters. The highest BCUT2D eigenvalue weighted by Gasteiger charge is 2.20. The lowest BCUT2D eigenvalue weighted by molar-refractivity contribution is 0.460. The number of pyridine rings is 1. The molecule has 14 heavy (non-hydrogen) atoms. The van der Waals surface area contributed by atoms with Crippen LogP contribution < -0.4 is 11.1 Å². The molecule has 0 unspecified atom stereocenters. The van der Waals surface area contributed by atoms with Gasteiger partial charge in [0.25, 0.3) is 0 Å². The summed E-state index contributed by atoms with van der Waals surface area (Å²) in [7, 11) is 0. The second kappa shape index (κ2) is 4.15. The first kappa shape index (κ1) is 9.74. The van der Waals surface area contributed by atoms with Crippen LogP contribution in [0.5, 0.6) is 0 Å². The summed E-state index contributed by atoms with van der Waals surface area (Å²) in [4.78, 5) is 4.08. The lowest BCUT2D eigenvalue weighted by Gasteiger charge is -2.24. The smallest absolute Gasteiger partial charge is 0.134 e. The molecule has 2 heterocycles. The first-order valence-electron chi connectivity index (χ1n) is 4.89. The molecule has 2 rings (SSSR count). The van der Waals surface area contributed by atoms with E-state index in [2.05, 4.69) is 10.3 Å². The molecule has 1 fully saturated rings. The van der Waals surface area contributed by atoms with E-state index in [-0.39, 0.29) is 0 Å². The summed E-state index contributed by atoms with van der Waals surface area (Å²) in [6.45, 7) is 2.07. The van der Waals surface area contributed by atoms with Gasteiger partial charge >= 0.3 is 0 Å². The molecule has 0 amide bonds. The van der Waals surface area contributed by atoms with Gasteiger partial charge in [-0.05, 0) is 37.9 Å². The zero-order valence-electron chi connectivity index (χ0n) is 7.96. The molecule has 1 aromatic heterocycles. The molecule has 4 heteroatoms. The molecule has 0 spiro atoms. The number of hydrogen-bond acceptors (Lipinski definition) is 3. The van der Waals surface area contributed by atoms with Gasteiger partial charge in [-0.3, -0.25) is 0 Å². The van der Waals surface area contributed by atoms with Gasteiger partial charge in [0.2, 0.25) is 0 Å². The monoisotopic (exact) mass is 211 g/mol. The van der Waals surface area contributed by atoms with Gasteiger partial charge in [-0.1, -0.05) is 11.6 Å². The molecule has 1 aliphatic rings. The average Bonchev–Trinajstić information content (AvgIpc) is 2.19. The molecule has 0 bridgehead atoms. The van der Waals surface area contributed by atoms with Crippen LogP contribution in [0.25, 0.3) is 0 Å². The van der Waals surface area contributed by atoms with E-state index in [0.29, 0.717) is 11.1 Å². The molecule has 1 saturated heterocycles. The van der Waals surface area contributed by atoms with Crippen LogP contribution >= 0.6 is 11.6 Å². The van der Waals surface area contributed by atoms with Crippen molar-refractivity contribution in [2.75, 3.05) is 18.8 Å². The minimum absolute atomic E-state index is 0.470. The number of piperidine rings is 1. The Kier molecular flexibility index (Phi) is 2.89. The van der Waals surface area contributed by atoms with Crippen molar-refractivity contribution in [2.45, 2.75) is 18.8 Å². The Morgan fingerprint density at radius 2 is 2.14 bits per heavy atom. The third-order valence-electron chi connectivity index (χ3n) is 2.72. The predicted octanol–water partition coefficient (Wildman–Crippen LogP) is 1.78. The van der Waals surface area contributed by atoms with Crippen LogP contribution in [0.4, 0.5) is 5.69 Å². The highest BCUT2D eigenvalue weighted by molar-refractivity contribution is 6.30. The minimum atomic E-state index is 0.470. The van der Waals surface area contributed by atoms with Crippen LogP contribution in [-0.4, -0.2) is 18.1 Å². The van der Waals surface area contributed by atoms with E-state index >= 15 is 0 Å². The molecule has 0 aromatic carbocycles.